The van der Waals surface area contributed by atoms with Gasteiger partial charge in [0.2, 0.25) is 0 Å². The van der Waals surface area contributed by atoms with E-state index >= 15 is 0 Å². The Morgan fingerprint density at radius 1 is 0.958 bits per heavy atom. The van der Waals surface area contributed by atoms with Gasteiger partial charge in [0.25, 0.3) is 0 Å². The van der Waals surface area contributed by atoms with Crippen molar-refractivity contribution in [1.82, 2.24) is 15.0 Å². The van der Waals surface area contributed by atoms with Crippen LogP contribution in [0.15, 0.2) is 60.9 Å². The van der Waals surface area contributed by atoms with Gasteiger partial charge in [-0.25, -0.2) is 0 Å². The number of hydrogen-bond acceptors (Lipinski definition) is 4. The van der Waals surface area contributed by atoms with E-state index in [1.807, 2.05) is 42.6 Å². The highest BCUT2D eigenvalue weighted by atomic mass is 14.8. The molecule has 0 radical (unpaired) electrons. The molecule has 5 N–H and O–H groups in total. The Kier molecular flexibility index (Phi) is 3.48. The van der Waals surface area contributed by atoms with Crippen molar-refractivity contribution in [2.45, 2.75) is 6.54 Å². The average molecular weight is 315 g/mol. The largest absolute Gasteiger partial charge is 0.397 e. The fourth-order valence-electron chi connectivity index (χ4n) is 2.80. The zero-order valence-corrected chi connectivity index (χ0v) is 13.0. The Hall–Kier alpha value is -3.18. The lowest BCUT2D eigenvalue weighted by Crippen LogP contribution is -1.99. The third-order valence-corrected chi connectivity index (χ3v) is 4.10. The second kappa shape index (κ2) is 5.79. The minimum Gasteiger partial charge on any atom is -0.397 e. The lowest BCUT2D eigenvalue weighted by Gasteiger charge is -2.05. The van der Waals surface area contributed by atoms with Crippen molar-refractivity contribution in [3.05, 3.63) is 66.6 Å². The first kappa shape index (κ1) is 14.4. The number of nitrogens with two attached hydrogens (primary N) is 2. The maximum atomic E-state index is 5.96. The lowest BCUT2D eigenvalue weighted by molar-refractivity contribution is 1.02. The van der Waals surface area contributed by atoms with Crippen molar-refractivity contribution in [1.29, 1.82) is 0 Å². The van der Waals surface area contributed by atoms with E-state index in [0.29, 0.717) is 12.2 Å². The number of H-pyrrole nitrogens is 1. The van der Waals surface area contributed by atoms with E-state index in [9.17, 15) is 0 Å². The van der Waals surface area contributed by atoms with E-state index in [2.05, 4.69) is 27.1 Å². The minimum absolute atomic E-state index is 0.387. The van der Waals surface area contributed by atoms with Crippen LogP contribution >= 0.6 is 0 Å². The molecule has 0 bridgehead atoms. The molecule has 0 unspecified atom stereocenters. The van der Waals surface area contributed by atoms with E-state index in [1.165, 1.54) is 0 Å². The summed E-state index contributed by atoms with van der Waals surface area (Å²) in [5.41, 5.74) is 17.9. The summed E-state index contributed by atoms with van der Waals surface area (Å²) in [5.74, 6) is 0. The van der Waals surface area contributed by atoms with E-state index in [4.69, 9.17) is 11.5 Å². The number of rotatable bonds is 3. The first-order valence-corrected chi connectivity index (χ1v) is 7.73. The van der Waals surface area contributed by atoms with Crippen LogP contribution in [0, 0.1) is 0 Å². The summed E-state index contributed by atoms with van der Waals surface area (Å²) in [6.07, 6.45) is 3.64. The third kappa shape index (κ3) is 2.51. The fourth-order valence-corrected chi connectivity index (χ4v) is 2.80. The molecule has 5 heteroatoms. The molecule has 0 amide bonds. The second-order valence-electron chi connectivity index (χ2n) is 5.67. The summed E-state index contributed by atoms with van der Waals surface area (Å²) in [7, 11) is 0. The molecule has 0 fully saturated rings. The highest BCUT2D eigenvalue weighted by Gasteiger charge is 2.08. The van der Waals surface area contributed by atoms with Crippen LogP contribution < -0.4 is 11.5 Å². The normalized spacial score (nSPS) is 11.0. The SMILES string of the molecule is NCc1[nH]c(-c2ccnc(-c3cnc4ccccc4c3)c2)cc1N. The van der Waals surface area contributed by atoms with Gasteiger partial charge in [-0.2, -0.15) is 0 Å². The smallest absolute Gasteiger partial charge is 0.0724 e. The molecule has 0 aliphatic rings. The van der Waals surface area contributed by atoms with Crippen LogP contribution in [-0.2, 0) is 6.54 Å². The zero-order chi connectivity index (χ0) is 16.5. The summed E-state index contributed by atoms with van der Waals surface area (Å²) >= 11 is 0. The van der Waals surface area contributed by atoms with Crippen LogP contribution in [0.4, 0.5) is 5.69 Å². The standard InChI is InChI=1S/C19H17N5/c20-10-19-15(21)9-18(24-19)13-5-6-22-17(8-13)14-7-12-3-1-2-4-16(12)23-11-14/h1-9,11,24H,10,20-21H2. The molecule has 0 aliphatic carbocycles. The molecule has 5 nitrogen and oxygen atoms in total. The molecular weight excluding hydrogens is 298 g/mol. The number of anilines is 1. The lowest BCUT2D eigenvalue weighted by atomic mass is 10.1. The predicted octanol–water partition coefficient (Wildman–Crippen LogP) is 3.33. The molecule has 0 atom stereocenters. The molecule has 4 rings (SSSR count). The molecule has 0 saturated carbocycles. The van der Waals surface area contributed by atoms with Crippen molar-refractivity contribution in [2.24, 2.45) is 5.73 Å². The van der Waals surface area contributed by atoms with Crippen molar-refractivity contribution in [3.63, 3.8) is 0 Å². The third-order valence-electron chi connectivity index (χ3n) is 4.10. The number of benzene rings is 1. The van der Waals surface area contributed by atoms with Crippen LogP contribution in [0.2, 0.25) is 0 Å². The van der Waals surface area contributed by atoms with E-state index in [-0.39, 0.29) is 0 Å². The van der Waals surface area contributed by atoms with Gasteiger partial charge in [0.05, 0.1) is 22.6 Å². The van der Waals surface area contributed by atoms with Gasteiger partial charge in [-0.1, -0.05) is 18.2 Å². The number of aromatic amines is 1. The molecule has 0 aliphatic heterocycles. The highest BCUT2D eigenvalue weighted by Crippen LogP contribution is 2.27. The molecule has 0 spiro atoms. The number of pyridine rings is 2. The summed E-state index contributed by atoms with van der Waals surface area (Å²) in [6.45, 7) is 0.387. The van der Waals surface area contributed by atoms with Gasteiger partial charge in [-0.05, 0) is 30.3 Å². The second-order valence-corrected chi connectivity index (χ2v) is 5.67. The van der Waals surface area contributed by atoms with E-state index in [0.717, 1.165) is 39.1 Å². The molecule has 24 heavy (non-hydrogen) atoms. The van der Waals surface area contributed by atoms with Crippen LogP contribution in [0.25, 0.3) is 33.4 Å². The minimum atomic E-state index is 0.387. The number of hydrogen-bond donors (Lipinski definition) is 3. The monoisotopic (exact) mass is 315 g/mol. The van der Waals surface area contributed by atoms with Gasteiger partial charge >= 0.3 is 0 Å². The Balaban J connectivity index is 1.78. The van der Waals surface area contributed by atoms with Gasteiger partial charge < -0.3 is 16.5 Å². The van der Waals surface area contributed by atoms with Crippen LogP contribution in [0.5, 0.6) is 0 Å². The quantitative estimate of drug-likeness (QED) is 0.540. The summed E-state index contributed by atoms with van der Waals surface area (Å²) in [6, 6.07) is 16.0. The van der Waals surface area contributed by atoms with Gasteiger partial charge in [0.1, 0.15) is 0 Å². The summed E-state index contributed by atoms with van der Waals surface area (Å²) in [5, 5.41) is 1.09. The van der Waals surface area contributed by atoms with Gasteiger partial charge in [0.15, 0.2) is 0 Å². The first-order valence-electron chi connectivity index (χ1n) is 7.73. The molecule has 0 saturated heterocycles. The molecule has 4 aromatic rings. The Morgan fingerprint density at radius 2 is 1.83 bits per heavy atom. The number of aromatic nitrogens is 3. The molecule has 1 aromatic carbocycles. The number of nitrogens with zero attached hydrogens (tertiary/aromatic N) is 2. The Bertz CT molecular complexity index is 1020. The van der Waals surface area contributed by atoms with E-state index in [1.54, 1.807) is 6.20 Å². The van der Waals surface area contributed by atoms with Gasteiger partial charge in [0, 0.05) is 41.1 Å². The number of para-hydroxylation sites is 1. The Morgan fingerprint density at radius 3 is 2.67 bits per heavy atom. The highest BCUT2D eigenvalue weighted by molar-refractivity contribution is 5.83. The molecular formula is C19H17N5. The molecule has 118 valence electrons. The average Bonchev–Trinajstić information content (AvgIpc) is 3.02. The van der Waals surface area contributed by atoms with Crippen molar-refractivity contribution >= 4 is 16.6 Å². The number of nitrogens with one attached hydrogen (secondary N) is 1. The molecule has 3 aromatic heterocycles. The zero-order valence-electron chi connectivity index (χ0n) is 13.0. The molecule has 3 heterocycles. The van der Waals surface area contributed by atoms with Gasteiger partial charge in [-0.3, -0.25) is 9.97 Å². The number of fused-ring (bicyclic) bond motifs is 1. The topological polar surface area (TPSA) is 93.6 Å². The van der Waals surface area contributed by atoms with Crippen LogP contribution in [-0.4, -0.2) is 15.0 Å². The maximum absolute atomic E-state index is 5.96. The summed E-state index contributed by atoms with van der Waals surface area (Å²) in [4.78, 5) is 12.3. The van der Waals surface area contributed by atoms with Crippen LogP contribution in [0.1, 0.15) is 5.69 Å². The van der Waals surface area contributed by atoms with Crippen molar-refractivity contribution in [3.8, 4) is 22.5 Å². The Labute approximate surface area is 139 Å². The first-order chi connectivity index (χ1) is 11.7. The summed E-state index contributed by atoms with van der Waals surface area (Å²) < 4.78 is 0. The fraction of sp³-hybridized carbons (Fsp3) is 0.0526. The number of nitrogen functional groups attached to an aromatic ring is 1. The van der Waals surface area contributed by atoms with Crippen molar-refractivity contribution in [2.75, 3.05) is 5.73 Å². The predicted molar refractivity (Wildman–Crippen MR) is 97.1 cm³/mol. The van der Waals surface area contributed by atoms with Crippen LogP contribution in [0.3, 0.4) is 0 Å². The van der Waals surface area contributed by atoms with E-state index < -0.39 is 0 Å². The maximum Gasteiger partial charge on any atom is 0.0724 e. The van der Waals surface area contributed by atoms with Gasteiger partial charge in [-0.15, -0.1) is 0 Å². The van der Waals surface area contributed by atoms with Crippen molar-refractivity contribution < 1.29 is 0 Å².